The van der Waals surface area contributed by atoms with Gasteiger partial charge in [0.2, 0.25) is 5.91 Å². The third-order valence-corrected chi connectivity index (χ3v) is 6.82. The van der Waals surface area contributed by atoms with Crippen LogP contribution in [0.3, 0.4) is 0 Å². The smallest absolute Gasteiger partial charge is 0.325 e. The van der Waals surface area contributed by atoms with Gasteiger partial charge in [0.25, 0.3) is 5.91 Å². The molecular formula is C17H21N3O5S. The molecule has 1 aromatic carbocycles. The maximum atomic E-state index is 12.8. The van der Waals surface area contributed by atoms with Gasteiger partial charge in [-0.2, -0.15) is 0 Å². The van der Waals surface area contributed by atoms with Crippen molar-refractivity contribution in [2.24, 2.45) is 0 Å². The van der Waals surface area contributed by atoms with Gasteiger partial charge in [0.15, 0.2) is 9.84 Å². The molecule has 2 saturated heterocycles. The number of nitrogens with zero attached hydrogens (tertiary/aromatic N) is 2. The largest absolute Gasteiger partial charge is 0.340 e. The fourth-order valence-electron chi connectivity index (χ4n) is 3.34. The number of rotatable bonds is 4. The Morgan fingerprint density at radius 1 is 1.31 bits per heavy atom. The van der Waals surface area contributed by atoms with Crippen LogP contribution in [0.4, 0.5) is 4.79 Å². The van der Waals surface area contributed by atoms with Crippen molar-refractivity contribution in [2.75, 3.05) is 25.1 Å². The number of carbonyl (C=O) groups is 3. The molecule has 2 heterocycles. The SMILES string of the molecule is CN(C(=O)CN1C(=O)N[C@@](C)(c2ccccc2)C1=O)[C@@H]1CCS(=O)(=O)C1. The molecule has 0 radical (unpaired) electrons. The van der Waals surface area contributed by atoms with Crippen molar-refractivity contribution in [2.45, 2.75) is 24.9 Å². The molecule has 0 unspecified atom stereocenters. The van der Waals surface area contributed by atoms with Crippen LogP contribution in [0.15, 0.2) is 30.3 Å². The molecule has 4 amide bonds. The first kappa shape index (κ1) is 18.4. The van der Waals surface area contributed by atoms with Crippen LogP contribution >= 0.6 is 0 Å². The summed E-state index contributed by atoms with van der Waals surface area (Å²) < 4.78 is 23.2. The van der Waals surface area contributed by atoms with Gasteiger partial charge in [-0.25, -0.2) is 13.2 Å². The van der Waals surface area contributed by atoms with Crippen LogP contribution < -0.4 is 5.32 Å². The topological polar surface area (TPSA) is 104 Å². The van der Waals surface area contributed by atoms with Gasteiger partial charge in [-0.3, -0.25) is 14.5 Å². The highest BCUT2D eigenvalue weighted by Gasteiger charge is 2.49. The first-order chi connectivity index (χ1) is 12.1. The highest BCUT2D eigenvalue weighted by atomic mass is 32.2. The molecule has 3 rings (SSSR count). The van der Waals surface area contributed by atoms with E-state index >= 15 is 0 Å². The zero-order valence-corrected chi connectivity index (χ0v) is 15.5. The van der Waals surface area contributed by atoms with Crippen molar-refractivity contribution in [1.29, 1.82) is 0 Å². The van der Waals surface area contributed by atoms with Gasteiger partial charge in [-0.15, -0.1) is 0 Å². The average molecular weight is 379 g/mol. The zero-order chi connectivity index (χ0) is 19.1. The van der Waals surface area contributed by atoms with Crippen molar-refractivity contribution in [3.05, 3.63) is 35.9 Å². The summed E-state index contributed by atoms with van der Waals surface area (Å²) in [5, 5.41) is 2.64. The third-order valence-electron chi connectivity index (χ3n) is 5.07. The fraction of sp³-hybridized carbons (Fsp3) is 0.471. The first-order valence-corrected chi connectivity index (χ1v) is 10.1. The molecule has 1 aromatic rings. The van der Waals surface area contributed by atoms with Gasteiger partial charge in [0, 0.05) is 13.1 Å². The molecule has 26 heavy (non-hydrogen) atoms. The molecule has 2 aliphatic heterocycles. The molecule has 8 nitrogen and oxygen atoms in total. The molecule has 140 valence electrons. The average Bonchev–Trinajstić information content (AvgIpc) is 3.07. The van der Waals surface area contributed by atoms with Crippen LogP contribution in [0.5, 0.6) is 0 Å². The second kappa shape index (κ2) is 6.39. The number of amides is 4. The van der Waals surface area contributed by atoms with Crippen LogP contribution in [0.1, 0.15) is 18.9 Å². The van der Waals surface area contributed by atoms with Crippen LogP contribution in [0.25, 0.3) is 0 Å². The summed E-state index contributed by atoms with van der Waals surface area (Å²) >= 11 is 0. The Kier molecular flexibility index (Phi) is 4.51. The van der Waals surface area contributed by atoms with Gasteiger partial charge in [0.1, 0.15) is 12.1 Å². The lowest BCUT2D eigenvalue weighted by Gasteiger charge is -2.26. The van der Waals surface area contributed by atoms with E-state index in [1.807, 2.05) is 0 Å². The number of sulfone groups is 1. The normalized spacial score (nSPS) is 27.5. The molecule has 2 atom stereocenters. The molecule has 0 spiro atoms. The monoisotopic (exact) mass is 379 g/mol. The maximum Gasteiger partial charge on any atom is 0.325 e. The summed E-state index contributed by atoms with van der Waals surface area (Å²) in [6, 6.07) is 7.75. The van der Waals surface area contributed by atoms with E-state index in [0.717, 1.165) is 4.90 Å². The molecular weight excluding hydrogens is 358 g/mol. The first-order valence-electron chi connectivity index (χ1n) is 8.30. The van der Waals surface area contributed by atoms with Gasteiger partial charge in [-0.05, 0) is 18.9 Å². The summed E-state index contributed by atoms with van der Waals surface area (Å²) in [7, 11) is -1.63. The second-order valence-electron chi connectivity index (χ2n) is 6.87. The molecule has 0 bridgehead atoms. The second-order valence-corrected chi connectivity index (χ2v) is 9.10. The van der Waals surface area contributed by atoms with Crippen molar-refractivity contribution < 1.29 is 22.8 Å². The maximum absolute atomic E-state index is 12.8. The molecule has 0 aromatic heterocycles. The van der Waals surface area contributed by atoms with Crippen molar-refractivity contribution in [3.8, 4) is 0 Å². The summed E-state index contributed by atoms with van der Waals surface area (Å²) in [6.45, 7) is 1.18. The van der Waals surface area contributed by atoms with Crippen molar-refractivity contribution in [1.82, 2.24) is 15.1 Å². The number of nitrogens with one attached hydrogen (secondary N) is 1. The highest BCUT2D eigenvalue weighted by Crippen LogP contribution is 2.28. The third kappa shape index (κ3) is 3.18. The van der Waals surface area contributed by atoms with Crippen molar-refractivity contribution in [3.63, 3.8) is 0 Å². The number of hydrogen-bond acceptors (Lipinski definition) is 5. The lowest BCUT2D eigenvalue weighted by Crippen LogP contribution is -2.46. The number of benzene rings is 1. The fourth-order valence-corrected chi connectivity index (χ4v) is 5.11. The Bertz CT molecular complexity index is 854. The Morgan fingerprint density at radius 3 is 2.54 bits per heavy atom. The van der Waals surface area contributed by atoms with Gasteiger partial charge in [-0.1, -0.05) is 30.3 Å². The molecule has 2 aliphatic rings. The quantitative estimate of drug-likeness (QED) is 0.747. The van der Waals surface area contributed by atoms with E-state index in [0.29, 0.717) is 12.0 Å². The van der Waals surface area contributed by atoms with E-state index in [1.165, 1.54) is 11.9 Å². The molecule has 0 saturated carbocycles. The Morgan fingerprint density at radius 2 is 1.96 bits per heavy atom. The van der Waals surface area contributed by atoms with Crippen LogP contribution in [-0.2, 0) is 25.0 Å². The number of hydrogen-bond donors (Lipinski definition) is 1. The van der Waals surface area contributed by atoms with E-state index < -0.39 is 45.8 Å². The van der Waals surface area contributed by atoms with E-state index in [1.54, 1.807) is 37.3 Å². The summed E-state index contributed by atoms with van der Waals surface area (Å²) in [5.41, 5.74) is -0.600. The minimum absolute atomic E-state index is 0.0461. The summed E-state index contributed by atoms with van der Waals surface area (Å²) in [6.07, 6.45) is 0.368. The van der Waals surface area contributed by atoms with Crippen LogP contribution in [0.2, 0.25) is 0 Å². The van der Waals surface area contributed by atoms with E-state index in [-0.39, 0.29) is 11.5 Å². The number of likely N-dealkylation sites (N-methyl/N-ethyl adjacent to an activating group) is 1. The highest BCUT2D eigenvalue weighted by molar-refractivity contribution is 7.91. The molecule has 9 heteroatoms. The Labute approximate surface area is 152 Å². The number of carbonyl (C=O) groups excluding carboxylic acids is 3. The predicted octanol–water partition coefficient (Wildman–Crippen LogP) is 0.0991. The zero-order valence-electron chi connectivity index (χ0n) is 14.6. The lowest BCUT2D eigenvalue weighted by atomic mass is 9.92. The van der Waals surface area contributed by atoms with Crippen LogP contribution in [0, 0.1) is 0 Å². The van der Waals surface area contributed by atoms with Gasteiger partial charge in [0.05, 0.1) is 11.5 Å². The van der Waals surface area contributed by atoms with E-state index in [9.17, 15) is 22.8 Å². The van der Waals surface area contributed by atoms with E-state index in [4.69, 9.17) is 0 Å². The summed E-state index contributed by atoms with van der Waals surface area (Å²) in [5.74, 6) is -1.01. The predicted molar refractivity (Wildman–Crippen MR) is 93.9 cm³/mol. The van der Waals surface area contributed by atoms with Gasteiger partial charge >= 0.3 is 6.03 Å². The molecule has 1 N–H and O–H groups in total. The number of urea groups is 1. The van der Waals surface area contributed by atoms with Crippen LogP contribution in [-0.4, -0.2) is 67.2 Å². The van der Waals surface area contributed by atoms with Gasteiger partial charge < -0.3 is 10.2 Å². The summed E-state index contributed by atoms with van der Waals surface area (Å²) in [4.78, 5) is 39.8. The molecule has 0 aliphatic carbocycles. The number of imide groups is 1. The standard InChI is InChI=1S/C17H21N3O5S/c1-17(12-6-4-3-5-7-12)15(22)20(16(23)18-17)10-14(21)19(2)13-8-9-26(24,25)11-13/h3-7,13H,8-11H2,1-2H3,(H,18,23)/t13-,17+/m1/s1. The minimum Gasteiger partial charge on any atom is -0.340 e. The Balaban J connectivity index is 1.73. The minimum atomic E-state index is -3.13. The Hall–Kier alpha value is -2.42. The van der Waals surface area contributed by atoms with E-state index in [2.05, 4.69) is 5.32 Å². The molecule has 2 fully saturated rings. The van der Waals surface area contributed by atoms with Crippen molar-refractivity contribution >= 4 is 27.7 Å². The lowest BCUT2D eigenvalue weighted by molar-refractivity contribution is -0.139.